The Kier molecular flexibility index (Phi) is 6.96. The van der Waals surface area contributed by atoms with E-state index in [-0.39, 0.29) is 20.5 Å². The minimum Gasteiger partial charge on any atom is -0.479 e. The first-order valence-electron chi connectivity index (χ1n) is 8.56. The van der Waals surface area contributed by atoms with Gasteiger partial charge in [-0.1, -0.05) is 18.2 Å². The summed E-state index contributed by atoms with van der Waals surface area (Å²) in [6, 6.07) is 11.3. The van der Waals surface area contributed by atoms with E-state index in [9.17, 15) is 22.8 Å². The zero-order valence-corrected chi connectivity index (χ0v) is 16.9. The minimum absolute atomic E-state index is 0.189. The number of benzene rings is 2. The maximum Gasteiger partial charge on any atom is 0.421 e. The van der Waals surface area contributed by atoms with Gasteiger partial charge in [-0.2, -0.15) is 0 Å². The summed E-state index contributed by atoms with van der Waals surface area (Å²) in [5, 5.41) is 17.7. The second kappa shape index (κ2) is 9.23. The number of aliphatic carboxylic acids is 1. The minimum atomic E-state index is -4.20. The van der Waals surface area contributed by atoms with E-state index in [0.717, 1.165) is 19.2 Å². The molecule has 10 heteroatoms. The molecule has 0 heterocycles. The van der Waals surface area contributed by atoms with E-state index in [4.69, 9.17) is 14.9 Å². The Labute approximate surface area is 172 Å². The van der Waals surface area contributed by atoms with Gasteiger partial charge in [-0.25, -0.2) is 22.3 Å². The third-order valence-corrected chi connectivity index (χ3v) is 5.78. The SMILES string of the molecule is CC(Oc1ccc(/C=C/C(=O)c2ccc(S(=O)(=O)N(C)C(=O)O)cc2)cc1)C(=O)O. The first kappa shape index (κ1) is 22.6. The molecule has 30 heavy (non-hydrogen) atoms. The van der Waals surface area contributed by atoms with Crippen LogP contribution in [0.25, 0.3) is 6.08 Å². The normalized spacial score (nSPS) is 12.3. The number of hydrogen-bond acceptors (Lipinski definition) is 6. The predicted molar refractivity (Wildman–Crippen MR) is 107 cm³/mol. The lowest BCUT2D eigenvalue weighted by molar-refractivity contribution is -0.144. The first-order valence-corrected chi connectivity index (χ1v) is 10.00. The third kappa shape index (κ3) is 5.45. The average molecular weight is 433 g/mol. The number of sulfonamides is 1. The second-order valence-electron chi connectivity index (χ2n) is 6.14. The van der Waals surface area contributed by atoms with Crippen LogP contribution in [0.5, 0.6) is 5.75 Å². The molecule has 9 nitrogen and oxygen atoms in total. The molecule has 158 valence electrons. The Morgan fingerprint density at radius 2 is 1.57 bits per heavy atom. The van der Waals surface area contributed by atoms with Crippen molar-refractivity contribution >= 4 is 33.9 Å². The van der Waals surface area contributed by atoms with Gasteiger partial charge in [0.15, 0.2) is 11.9 Å². The van der Waals surface area contributed by atoms with Crippen molar-refractivity contribution in [3.8, 4) is 5.75 Å². The Hall–Kier alpha value is -3.66. The van der Waals surface area contributed by atoms with Crippen molar-refractivity contribution in [1.82, 2.24) is 4.31 Å². The van der Waals surface area contributed by atoms with Crippen molar-refractivity contribution in [3.05, 3.63) is 65.7 Å². The van der Waals surface area contributed by atoms with E-state index >= 15 is 0 Å². The van der Waals surface area contributed by atoms with Crippen LogP contribution in [-0.2, 0) is 14.8 Å². The van der Waals surface area contributed by atoms with Gasteiger partial charge in [0.25, 0.3) is 10.0 Å². The zero-order valence-electron chi connectivity index (χ0n) is 16.1. The van der Waals surface area contributed by atoms with Gasteiger partial charge in [-0.15, -0.1) is 0 Å². The molecule has 0 radical (unpaired) electrons. The van der Waals surface area contributed by atoms with Crippen LogP contribution in [0.2, 0.25) is 0 Å². The number of carbonyl (C=O) groups excluding carboxylic acids is 1. The molecule has 2 rings (SSSR count). The summed E-state index contributed by atoms with van der Waals surface area (Å²) < 4.78 is 29.6. The van der Waals surface area contributed by atoms with Gasteiger partial charge in [0.1, 0.15) is 5.75 Å². The highest BCUT2D eigenvalue weighted by Gasteiger charge is 2.25. The van der Waals surface area contributed by atoms with Crippen molar-refractivity contribution < 1.29 is 37.8 Å². The van der Waals surface area contributed by atoms with Crippen LogP contribution in [0.4, 0.5) is 4.79 Å². The molecule has 2 aromatic carbocycles. The molecule has 0 aromatic heterocycles. The molecule has 0 fully saturated rings. The van der Waals surface area contributed by atoms with Crippen molar-refractivity contribution in [3.63, 3.8) is 0 Å². The number of hydrogen-bond donors (Lipinski definition) is 2. The largest absolute Gasteiger partial charge is 0.479 e. The summed E-state index contributed by atoms with van der Waals surface area (Å²) in [4.78, 5) is 33.7. The van der Waals surface area contributed by atoms with E-state index in [1.54, 1.807) is 24.3 Å². The smallest absolute Gasteiger partial charge is 0.421 e. The lowest BCUT2D eigenvalue weighted by Gasteiger charge is -2.13. The molecule has 2 N–H and O–H groups in total. The van der Waals surface area contributed by atoms with E-state index in [2.05, 4.69) is 0 Å². The van der Waals surface area contributed by atoms with Crippen LogP contribution < -0.4 is 4.74 Å². The van der Waals surface area contributed by atoms with Crippen LogP contribution in [0.3, 0.4) is 0 Å². The number of carboxylic acid groups (broad SMARTS) is 2. The fraction of sp³-hybridized carbons (Fsp3) is 0.150. The second-order valence-corrected chi connectivity index (χ2v) is 8.11. The van der Waals surface area contributed by atoms with Gasteiger partial charge in [-0.05, 0) is 55.0 Å². The van der Waals surface area contributed by atoms with Gasteiger partial charge >= 0.3 is 12.1 Å². The molecule has 0 aliphatic rings. The molecule has 2 aromatic rings. The first-order chi connectivity index (χ1) is 14.0. The Morgan fingerprint density at radius 3 is 2.07 bits per heavy atom. The number of ether oxygens (including phenoxy) is 1. The van der Waals surface area contributed by atoms with E-state index < -0.39 is 28.2 Å². The summed E-state index contributed by atoms with van der Waals surface area (Å²) in [5.74, 6) is -1.10. The van der Waals surface area contributed by atoms with Crippen LogP contribution in [0, 0.1) is 0 Å². The van der Waals surface area contributed by atoms with E-state index in [0.29, 0.717) is 11.3 Å². The van der Waals surface area contributed by atoms with Crippen molar-refractivity contribution in [2.45, 2.75) is 17.9 Å². The van der Waals surface area contributed by atoms with Crippen molar-refractivity contribution in [2.75, 3.05) is 7.05 Å². The highest BCUT2D eigenvalue weighted by Crippen LogP contribution is 2.17. The third-order valence-electron chi connectivity index (χ3n) is 4.03. The molecule has 0 saturated heterocycles. The van der Waals surface area contributed by atoms with Gasteiger partial charge < -0.3 is 14.9 Å². The summed E-state index contributed by atoms with van der Waals surface area (Å²) in [6.07, 6.45) is 0.222. The van der Waals surface area contributed by atoms with E-state index in [1.165, 1.54) is 31.2 Å². The highest BCUT2D eigenvalue weighted by molar-refractivity contribution is 7.89. The molecule has 0 aliphatic heterocycles. The number of nitrogens with zero attached hydrogens (tertiary/aromatic N) is 1. The number of amides is 1. The molecule has 1 unspecified atom stereocenters. The van der Waals surface area contributed by atoms with Crippen molar-refractivity contribution in [1.29, 1.82) is 0 Å². The summed E-state index contributed by atoms with van der Waals surface area (Å²) in [6.45, 7) is 1.41. The number of rotatable bonds is 8. The number of carboxylic acids is 1. The van der Waals surface area contributed by atoms with Gasteiger partial charge in [0, 0.05) is 12.6 Å². The molecule has 0 aliphatic carbocycles. The molecule has 0 bridgehead atoms. The van der Waals surface area contributed by atoms with Crippen LogP contribution in [-0.4, -0.2) is 53.9 Å². The fourth-order valence-electron chi connectivity index (χ4n) is 2.23. The highest BCUT2D eigenvalue weighted by atomic mass is 32.2. The number of carbonyl (C=O) groups is 3. The standard InChI is InChI=1S/C20H19NO8S/c1-13(19(23)24)29-16-8-3-14(4-9-16)5-12-18(22)15-6-10-17(11-7-15)30(27,28)21(2)20(25)26/h3-13H,1-2H3,(H,23,24)(H,25,26)/b12-5+. The van der Waals surface area contributed by atoms with Crippen LogP contribution in [0.15, 0.2) is 59.5 Å². The van der Waals surface area contributed by atoms with E-state index in [1.807, 2.05) is 0 Å². The summed E-state index contributed by atoms with van der Waals surface area (Å²) in [5.41, 5.74) is 0.888. The van der Waals surface area contributed by atoms with Gasteiger partial charge in [-0.3, -0.25) is 4.79 Å². The quantitative estimate of drug-likeness (QED) is 0.479. The molecule has 1 atom stereocenters. The average Bonchev–Trinajstić information content (AvgIpc) is 2.72. The number of allylic oxidation sites excluding steroid dienone is 1. The Morgan fingerprint density at radius 1 is 1.00 bits per heavy atom. The molecular formula is C20H19NO8S. The van der Waals surface area contributed by atoms with Crippen molar-refractivity contribution in [2.24, 2.45) is 0 Å². The Bertz CT molecular complexity index is 1070. The van der Waals surface area contributed by atoms with Crippen LogP contribution >= 0.6 is 0 Å². The van der Waals surface area contributed by atoms with Crippen LogP contribution in [0.1, 0.15) is 22.8 Å². The summed E-state index contributed by atoms with van der Waals surface area (Å²) in [7, 11) is -3.28. The monoisotopic (exact) mass is 433 g/mol. The number of ketones is 1. The molecule has 0 saturated carbocycles. The van der Waals surface area contributed by atoms with Gasteiger partial charge in [0.05, 0.1) is 4.90 Å². The lowest BCUT2D eigenvalue weighted by Crippen LogP contribution is -2.31. The topological polar surface area (TPSA) is 138 Å². The molecule has 0 spiro atoms. The fourth-order valence-corrected chi connectivity index (χ4v) is 3.23. The summed E-state index contributed by atoms with van der Waals surface area (Å²) >= 11 is 0. The molecule has 1 amide bonds. The maximum atomic E-state index is 12.3. The van der Waals surface area contributed by atoms with Gasteiger partial charge in [0.2, 0.25) is 0 Å². The Balaban J connectivity index is 2.08. The zero-order chi connectivity index (χ0) is 22.5. The predicted octanol–water partition coefficient (Wildman–Crippen LogP) is 2.73. The molecular weight excluding hydrogens is 414 g/mol. The maximum absolute atomic E-state index is 12.3. The lowest BCUT2D eigenvalue weighted by atomic mass is 10.1.